The molecule has 0 radical (unpaired) electrons. The molecule has 0 amide bonds. The molecule has 7 heteroatoms. The topological polar surface area (TPSA) is 47.0 Å². The first-order valence-electron chi connectivity index (χ1n) is 6.11. The van der Waals surface area contributed by atoms with Crippen molar-refractivity contribution in [2.75, 3.05) is 13.7 Å². The Hall–Kier alpha value is -1.21. The van der Waals surface area contributed by atoms with Crippen molar-refractivity contribution in [3.05, 3.63) is 22.8 Å². The molecule has 1 aliphatic rings. The maximum absolute atomic E-state index is 13.0. The maximum Gasteiger partial charge on any atom is 0.433 e. The normalized spacial score (nSPS) is 17.1. The third-order valence-electron chi connectivity index (χ3n) is 3.12. The maximum atomic E-state index is 13.0. The zero-order valence-electron chi connectivity index (χ0n) is 10.8. The monoisotopic (exact) mass is 275 g/mol. The SMILES string of the molecule is COC(C)Cc1nc2c(c(C(F)(F)F)n1)CNCC2. The first-order valence-corrected chi connectivity index (χ1v) is 6.11. The third-order valence-corrected chi connectivity index (χ3v) is 3.12. The van der Waals surface area contributed by atoms with E-state index in [1.165, 1.54) is 7.11 Å². The fourth-order valence-corrected chi connectivity index (χ4v) is 2.06. The van der Waals surface area contributed by atoms with Gasteiger partial charge in [0, 0.05) is 38.6 Å². The molecule has 0 aliphatic carbocycles. The van der Waals surface area contributed by atoms with E-state index < -0.39 is 11.9 Å². The number of halogens is 3. The molecule has 1 aromatic heterocycles. The van der Waals surface area contributed by atoms with Gasteiger partial charge in [0.25, 0.3) is 0 Å². The van der Waals surface area contributed by atoms with Crippen molar-refractivity contribution in [1.29, 1.82) is 0 Å². The highest BCUT2D eigenvalue weighted by Gasteiger charge is 2.37. The lowest BCUT2D eigenvalue weighted by Crippen LogP contribution is -2.30. The van der Waals surface area contributed by atoms with Crippen LogP contribution in [0.25, 0.3) is 0 Å². The van der Waals surface area contributed by atoms with Crippen LogP contribution in [0.2, 0.25) is 0 Å². The van der Waals surface area contributed by atoms with Crippen molar-refractivity contribution in [3.8, 4) is 0 Å². The number of rotatable bonds is 3. The van der Waals surface area contributed by atoms with Gasteiger partial charge in [0.1, 0.15) is 5.82 Å². The summed E-state index contributed by atoms with van der Waals surface area (Å²) in [5.41, 5.74) is -0.144. The van der Waals surface area contributed by atoms with Gasteiger partial charge in [-0.05, 0) is 6.92 Å². The molecule has 19 heavy (non-hydrogen) atoms. The molecule has 1 N–H and O–H groups in total. The molecule has 106 valence electrons. The van der Waals surface area contributed by atoms with E-state index in [1.54, 1.807) is 6.92 Å². The van der Waals surface area contributed by atoms with Gasteiger partial charge in [-0.2, -0.15) is 13.2 Å². The smallest absolute Gasteiger partial charge is 0.381 e. The van der Waals surface area contributed by atoms with Crippen LogP contribution in [0.3, 0.4) is 0 Å². The minimum absolute atomic E-state index is 0.171. The minimum atomic E-state index is -4.45. The molecule has 0 fully saturated rings. The van der Waals surface area contributed by atoms with E-state index in [2.05, 4.69) is 15.3 Å². The Balaban J connectivity index is 2.42. The molecule has 1 aliphatic heterocycles. The quantitative estimate of drug-likeness (QED) is 0.912. The van der Waals surface area contributed by atoms with Gasteiger partial charge in [0.15, 0.2) is 5.69 Å². The molecular formula is C12H16F3N3O. The lowest BCUT2D eigenvalue weighted by atomic mass is 10.0. The Bertz CT molecular complexity index is 462. The molecule has 2 rings (SSSR count). The molecule has 1 atom stereocenters. The second kappa shape index (κ2) is 5.42. The summed E-state index contributed by atoms with van der Waals surface area (Å²) in [6.07, 6.45) is -3.88. The first-order chi connectivity index (χ1) is 8.91. The van der Waals surface area contributed by atoms with E-state index in [0.29, 0.717) is 18.7 Å². The van der Waals surface area contributed by atoms with E-state index in [1.807, 2.05) is 0 Å². The van der Waals surface area contributed by atoms with Crippen LogP contribution in [0.15, 0.2) is 0 Å². The van der Waals surface area contributed by atoms with E-state index in [-0.39, 0.29) is 30.5 Å². The Morgan fingerprint density at radius 1 is 1.37 bits per heavy atom. The van der Waals surface area contributed by atoms with Gasteiger partial charge >= 0.3 is 6.18 Å². The number of hydrogen-bond acceptors (Lipinski definition) is 4. The van der Waals surface area contributed by atoms with Crippen LogP contribution in [0.4, 0.5) is 13.2 Å². The average Bonchev–Trinajstić information content (AvgIpc) is 2.36. The largest absolute Gasteiger partial charge is 0.433 e. The second-order valence-corrected chi connectivity index (χ2v) is 4.59. The number of methoxy groups -OCH3 is 1. The number of fused-ring (bicyclic) bond motifs is 1. The highest BCUT2D eigenvalue weighted by molar-refractivity contribution is 5.30. The van der Waals surface area contributed by atoms with Gasteiger partial charge in [0.05, 0.1) is 11.8 Å². The lowest BCUT2D eigenvalue weighted by molar-refractivity contribution is -0.142. The Morgan fingerprint density at radius 2 is 2.11 bits per heavy atom. The van der Waals surface area contributed by atoms with E-state index in [0.717, 1.165) is 0 Å². The van der Waals surface area contributed by atoms with E-state index in [4.69, 9.17) is 4.74 Å². The molecular weight excluding hydrogens is 259 g/mol. The number of hydrogen-bond donors (Lipinski definition) is 1. The van der Waals surface area contributed by atoms with Crippen molar-refractivity contribution < 1.29 is 17.9 Å². The number of nitrogens with zero attached hydrogens (tertiary/aromatic N) is 2. The van der Waals surface area contributed by atoms with Crippen LogP contribution < -0.4 is 5.32 Å². The predicted octanol–water partition coefficient (Wildman–Crippen LogP) is 1.72. The summed E-state index contributed by atoms with van der Waals surface area (Å²) < 4.78 is 44.1. The van der Waals surface area contributed by atoms with Gasteiger partial charge in [0.2, 0.25) is 0 Å². The Kier molecular flexibility index (Phi) is 4.05. The number of aromatic nitrogens is 2. The summed E-state index contributed by atoms with van der Waals surface area (Å²) in [6.45, 7) is 2.59. The van der Waals surface area contributed by atoms with Crippen molar-refractivity contribution >= 4 is 0 Å². The zero-order valence-corrected chi connectivity index (χ0v) is 10.8. The minimum Gasteiger partial charge on any atom is -0.381 e. The predicted molar refractivity (Wildman–Crippen MR) is 62.6 cm³/mol. The summed E-state index contributed by atoms with van der Waals surface area (Å²) >= 11 is 0. The summed E-state index contributed by atoms with van der Waals surface area (Å²) in [6, 6.07) is 0. The van der Waals surface area contributed by atoms with Crippen LogP contribution >= 0.6 is 0 Å². The molecule has 2 heterocycles. The fourth-order valence-electron chi connectivity index (χ4n) is 2.06. The van der Waals surface area contributed by atoms with Crippen LogP contribution in [0.5, 0.6) is 0 Å². The molecule has 0 spiro atoms. The third kappa shape index (κ3) is 3.22. The molecule has 0 saturated heterocycles. The van der Waals surface area contributed by atoms with Crippen LogP contribution in [-0.4, -0.2) is 29.7 Å². The summed E-state index contributed by atoms with van der Waals surface area (Å²) in [5.74, 6) is 0.197. The average molecular weight is 275 g/mol. The number of alkyl halides is 3. The van der Waals surface area contributed by atoms with E-state index >= 15 is 0 Å². The highest BCUT2D eigenvalue weighted by Crippen LogP contribution is 2.32. The highest BCUT2D eigenvalue weighted by atomic mass is 19.4. The van der Waals surface area contributed by atoms with Crippen LogP contribution in [0, 0.1) is 0 Å². The van der Waals surface area contributed by atoms with Gasteiger partial charge in [-0.1, -0.05) is 0 Å². The lowest BCUT2D eigenvalue weighted by Gasteiger charge is -2.21. The van der Waals surface area contributed by atoms with Crippen LogP contribution in [-0.2, 0) is 30.3 Å². The first kappa shape index (κ1) is 14.2. The van der Waals surface area contributed by atoms with Crippen molar-refractivity contribution in [3.63, 3.8) is 0 Å². The van der Waals surface area contributed by atoms with Gasteiger partial charge < -0.3 is 10.1 Å². The summed E-state index contributed by atoms with van der Waals surface area (Å²) in [7, 11) is 1.51. The van der Waals surface area contributed by atoms with Crippen molar-refractivity contribution in [1.82, 2.24) is 15.3 Å². The molecule has 1 aromatic rings. The molecule has 1 unspecified atom stereocenters. The van der Waals surface area contributed by atoms with Crippen molar-refractivity contribution in [2.24, 2.45) is 0 Å². The fraction of sp³-hybridized carbons (Fsp3) is 0.667. The standard InChI is InChI=1S/C12H16F3N3O/c1-7(19-2)5-10-17-9-3-4-16-6-8(9)11(18-10)12(13,14)15/h7,16H,3-6H2,1-2H3. The van der Waals surface area contributed by atoms with Crippen molar-refractivity contribution in [2.45, 2.75) is 38.6 Å². The number of nitrogens with one attached hydrogen (secondary N) is 1. The molecule has 0 saturated carbocycles. The van der Waals surface area contributed by atoms with Gasteiger partial charge in [-0.25, -0.2) is 9.97 Å². The van der Waals surface area contributed by atoms with Gasteiger partial charge in [-0.3, -0.25) is 0 Å². The zero-order chi connectivity index (χ0) is 14.0. The van der Waals surface area contributed by atoms with E-state index in [9.17, 15) is 13.2 Å². The molecule has 4 nitrogen and oxygen atoms in total. The Labute approximate surface area is 109 Å². The Morgan fingerprint density at radius 3 is 2.74 bits per heavy atom. The molecule has 0 aromatic carbocycles. The summed E-state index contributed by atoms with van der Waals surface area (Å²) in [5, 5.41) is 2.92. The summed E-state index contributed by atoms with van der Waals surface area (Å²) in [4.78, 5) is 7.93. The van der Waals surface area contributed by atoms with Gasteiger partial charge in [-0.15, -0.1) is 0 Å². The second-order valence-electron chi connectivity index (χ2n) is 4.59. The van der Waals surface area contributed by atoms with Crippen LogP contribution in [0.1, 0.15) is 29.7 Å². The number of ether oxygens (including phenoxy) is 1. The molecule has 0 bridgehead atoms.